The number of rotatable bonds is 5. The zero-order valence-corrected chi connectivity index (χ0v) is 10.8. The van der Waals surface area contributed by atoms with Crippen molar-refractivity contribution in [2.75, 3.05) is 19.0 Å². The Morgan fingerprint density at radius 1 is 1.44 bits per heavy atom. The third-order valence-corrected chi connectivity index (χ3v) is 2.69. The van der Waals surface area contributed by atoms with Gasteiger partial charge in [0.25, 0.3) is 0 Å². The molecule has 18 heavy (non-hydrogen) atoms. The van der Waals surface area contributed by atoms with Crippen molar-refractivity contribution in [3.8, 4) is 5.75 Å². The molecule has 2 heterocycles. The van der Waals surface area contributed by atoms with Crippen LogP contribution in [0.25, 0.3) is 0 Å². The Hall–Kier alpha value is -2.11. The second-order valence-electron chi connectivity index (χ2n) is 4.06. The van der Waals surface area contributed by atoms with Crippen molar-refractivity contribution in [3.05, 3.63) is 30.1 Å². The van der Waals surface area contributed by atoms with E-state index < -0.39 is 0 Å². The lowest BCUT2D eigenvalue weighted by molar-refractivity contribution is 0.414. The smallest absolute Gasteiger partial charge is 0.160 e. The molecule has 1 N–H and O–H groups in total. The van der Waals surface area contributed by atoms with Crippen LogP contribution in [0.2, 0.25) is 0 Å². The van der Waals surface area contributed by atoms with Gasteiger partial charge in [0.15, 0.2) is 5.75 Å². The van der Waals surface area contributed by atoms with Crippen molar-refractivity contribution in [1.29, 1.82) is 0 Å². The fourth-order valence-electron chi connectivity index (χ4n) is 1.69. The second kappa shape index (κ2) is 5.48. The highest BCUT2D eigenvalue weighted by atomic mass is 16.5. The van der Waals surface area contributed by atoms with Gasteiger partial charge in [-0.25, -0.2) is 0 Å². The number of nitrogens with one attached hydrogen (secondary N) is 1. The van der Waals surface area contributed by atoms with Crippen LogP contribution in [0, 0.1) is 6.92 Å². The van der Waals surface area contributed by atoms with Crippen molar-refractivity contribution >= 4 is 5.69 Å². The summed E-state index contributed by atoms with van der Waals surface area (Å²) in [5.74, 6) is 1.70. The summed E-state index contributed by atoms with van der Waals surface area (Å²) in [6.45, 7) is 2.72. The number of hydrogen-bond donors (Lipinski definition) is 1. The van der Waals surface area contributed by atoms with Gasteiger partial charge >= 0.3 is 0 Å². The highest BCUT2D eigenvalue weighted by Gasteiger charge is 2.05. The Bertz CT molecular complexity index is 523. The molecule has 2 aromatic rings. The molecule has 0 saturated carbocycles. The molecule has 96 valence electrons. The molecule has 0 saturated heterocycles. The van der Waals surface area contributed by atoms with Gasteiger partial charge in [-0.2, -0.15) is 0 Å². The van der Waals surface area contributed by atoms with E-state index in [9.17, 15) is 0 Å². The molecule has 0 radical (unpaired) electrons. The minimum Gasteiger partial charge on any atom is -0.493 e. The first-order valence-corrected chi connectivity index (χ1v) is 5.78. The molecule has 0 fully saturated rings. The van der Waals surface area contributed by atoms with E-state index in [1.165, 1.54) is 0 Å². The van der Waals surface area contributed by atoms with Crippen molar-refractivity contribution in [1.82, 2.24) is 19.7 Å². The van der Waals surface area contributed by atoms with E-state index in [0.29, 0.717) is 0 Å². The molecule has 0 aliphatic rings. The monoisotopic (exact) mass is 247 g/mol. The zero-order chi connectivity index (χ0) is 13.0. The van der Waals surface area contributed by atoms with Crippen LogP contribution >= 0.6 is 0 Å². The van der Waals surface area contributed by atoms with Crippen molar-refractivity contribution in [2.45, 2.75) is 13.3 Å². The maximum atomic E-state index is 5.25. The van der Waals surface area contributed by atoms with Crippen LogP contribution in [0.3, 0.4) is 0 Å². The van der Waals surface area contributed by atoms with Gasteiger partial charge in [0.05, 0.1) is 19.0 Å². The molecule has 0 aromatic carbocycles. The fourth-order valence-corrected chi connectivity index (χ4v) is 1.69. The molecule has 0 atom stereocenters. The van der Waals surface area contributed by atoms with Crippen LogP contribution < -0.4 is 10.1 Å². The Kier molecular flexibility index (Phi) is 3.76. The summed E-state index contributed by atoms with van der Waals surface area (Å²) in [7, 11) is 3.58. The van der Waals surface area contributed by atoms with E-state index in [1.807, 2.05) is 24.6 Å². The first kappa shape index (κ1) is 12.3. The number of anilines is 1. The quantitative estimate of drug-likeness (QED) is 0.859. The summed E-state index contributed by atoms with van der Waals surface area (Å²) in [4.78, 5) is 4.19. The highest BCUT2D eigenvalue weighted by molar-refractivity contribution is 5.55. The number of methoxy groups -OCH3 is 1. The van der Waals surface area contributed by atoms with Gasteiger partial charge < -0.3 is 14.6 Å². The summed E-state index contributed by atoms with van der Waals surface area (Å²) in [6.07, 6.45) is 4.23. The summed E-state index contributed by atoms with van der Waals surface area (Å²) >= 11 is 0. The van der Waals surface area contributed by atoms with E-state index in [-0.39, 0.29) is 0 Å². The van der Waals surface area contributed by atoms with Gasteiger partial charge in [-0.3, -0.25) is 4.98 Å². The van der Waals surface area contributed by atoms with Gasteiger partial charge in [0.2, 0.25) is 0 Å². The SMILES string of the molecule is COc1cnc(C)cc1NCCc1nncn1C. The Morgan fingerprint density at radius 2 is 2.28 bits per heavy atom. The fraction of sp³-hybridized carbons (Fsp3) is 0.417. The van der Waals surface area contributed by atoms with Gasteiger partial charge in [0, 0.05) is 25.7 Å². The normalized spacial score (nSPS) is 10.4. The second-order valence-corrected chi connectivity index (χ2v) is 4.06. The van der Waals surface area contributed by atoms with Crippen LogP contribution in [0.15, 0.2) is 18.6 Å². The first-order valence-electron chi connectivity index (χ1n) is 5.78. The molecule has 0 amide bonds. The van der Waals surface area contributed by atoms with Gasteiger partial charge in [-0.1, -0.05) is 0 Å². The predicted molar refractivity (Wildman–Crippen MR) is 68.7 cm³/mol. The van der Waals surface area contributed by atoms with Crippen LogP contribution in [-0.2, 0) is 13.5 Å². The molecule has 0 spiro atoms. The number of hydrogen-bond acceptors (Lipinski definition) is 5. The van der Waals surface area contributed by atoms with Gasteiger partial charge in [-0.15, -0.1) is 10.2 Å². The highest BCUT2D eigenvalue weighted by Crippen LogP contribution is 2.23. The number of aromatic nitrogens is 4. The van der Waals surface area contributed by atoms with Crippen LogP contribution in [-0.4, -0.2) is 33.4 Å². The lowest BCUT2D eigenvalue weighted by atomic mass is 10.3. The zero-order valence-electron chi connectivity index (χ0n) is 10.8. The Balaban J connectivity index is 1.98. The summed E-state index contributed by atoms with van der Waals surface area (Å²) in [6, 6.07) is 1.97. The number of pyridine rings is 1. The molecule has 2 aromatic heterocycles. The summed E-state index contributed by atoms with van der Waals surface area (Å²) < 4.78 is 7.17. The van der Waals surface area contributed by atoms with Crippen LogP contribution in [0.5, 0.6) is 5.75 Å². The minimum absolute atomic E-state index is 0.749. The topological polar surface area (TPSA) is 64.9 Å². The van der Waals surface area contributed by atoms with Crippen molar-refractivity contribution in [3.63, 3.8) is 0 Å². The van der Waals surface area contributed by atoms with Crippen molar-refractivity contribution < 1.29 is 4.74 Å². The van der Waals surface area contributed by atoms with Crippen LogP contribution in [0.1, 0.15) is 11.5 Å². The maximum absolute atomic E-state index is 5.25. The van der Waals surface area contributed by atoms with Gasteiger partial charge in [0.1, 0.15) is 12.2 Å². The molecule has 0 aliphatic heterocycles. The standard InChI is InChI=1S/C12H17N5O/c1-9-6-10(11(18-3)7-14-9)13-5-4-12-16-15-8-17(12)2/h6-8H,4-5H2,1-3H3,(H,13,14). The average Bonchev–Trinajstić information content (AvgIpc) is 2.76. The number of aryl methyl sites for hydroxylation is 2. The largest absolute Gasteiger partial charge is 0.493 e. The minimum atomic E-state index is 0.749. The molecule has 0 bridgehead atoms. The molecule has 6 heteroatoms. The Morgan fingerprint density at radius 3 is 2.94 bits per heavy atom. The maximum Gasteiger partial charge on any atom is 0.160 e. The van der Waals surface area contributed by atoms with Crippen LogP contribution in [0.4, 0.5) is 5.69 Å². The molecule has 2 rings (SSSR count). The van der Waals surface area contributed by atoms with Crippen molar-refractivity contribution in [2.24, 2.45) is 7.05 Å². The van der Waals surface area contributed by atoms with E-state index >= 15 is 0 Å². The van der Waals surface area contributed by atoms with E-state index in [0.717, 1.165) is 35.9 Å². The number of nitrogens with zero attached hydrogens (tertiary/aromatic N) is 4. The lowest BCUT2D eigenvalue weighted by Gasteiger charge is -2.11. The molecule has 0 aliphatic carbocycles. The van der Waals surface area contributed by atoms with E-state index in [1.54, 1.807) is 19.6 Å². The number of ether oxygens (including phenoxy) is 1. The third-order valence-electron chi connectivity index (χ3n) is 2.69. The molecular weight excluding hydrogens is 230 g/mol. The molecular formula is C12H17N5O. The van der Waals surface area contributed by atoms with E-state index in [2.05, 4.69) is 20.5 Å². The summed E-state index contributed by atoms with van der Waals surface area (Å²) in [5, 5.41) is 11.2. The lowest BCUT2D eigenvalue weighted by Crippen LogP contribution is -2.09. The van der Waals surface area contributed by atoms with E-state index in [4.69, 9.17) is 4.74 Å². The molecule has 6 nitrogen and oxygen atoms in total. The van der Waals surface area contributed by atoms with Gasteiger partial charge in [-0.05, 0) is 13.0 Å². The Labute approximate surface area is 106 Å². The summed E-state index contributed by atoms with van der Waals surface area (Å²) in [5.41, 5.74) is 1.91. The molecule has 0 unspecified atom stereocenters. The first-order chi connectivity index (χ1) is 8.70. The third kappa shape index (κ3) is 2.77. The predicted octanol–water partition coefficient (Wildman–Crippen LogP) is 1.18. The average molecular weight is 247 g/mol.